The molecule has 2 aliphatic carbocycles. The van der Waals surface area contributed by atoms with E-state index in [-0.39, 0.29) is 17.5 Å². The number of nitrogens with one attached hydrogen (secondary N) is 1. The predicted molar refractivity (Wildman–Crippen MR) is 89.6 cm³/mol. The molecule has 2 saturated carbocycles. The van der Waals surface area contributed by atoms with Gasteiger partial charge in [-0.2, -0.15) is 5.10 Å². The molecule has 0 saturated heterocycles. The van der Waals surface area contributed by atoms with E-state index in [1.807, 2.05) is 13.2 Å². The van der Waals surface area contributed by atoms with Gasteiger partial charge in [0.05, 0.1) is 6.20 Å². The van der Waals surface area contributed by atoms with Crippen molar-refractivity contribution < 1.29 is 9.18 Å². The van der Waals surface area contributed by atoms with Crippen LogP contribution in [0, 0.1) is 5.82 Å². The number of hydrogen-bond donors (Lipinski definition) is 1. The lowest BCUT2D eigenvalue weighted by Gasteiger charge is -2.26. The van der Waals surface area contributed by atoms with Crippen LogP contribution in [0.25, 0.3) is 0 Å². The van der Waals surface area contributed by atoms with Crippen LogP contribution in [0.2, 0.25) is 0 Å². The van der Waals surface area contributed by atoms with Crippen molar-refractivity contribution in [2.75, 3.05) is 0 Å². The summed E-state index contributed by atoms with van der Waals surface area (Å²) in [4.78, 5) is 12.5. The van der Waals surface area contributed by atoms with E-state index in [0.717, 1.165) is 12.0 Å². The minimum atomic E-state index is -0.198. The standard InChI is InChI=1S/C19H22FN3O/c1-23-11-12(10-21-23)7-19(24)13-5-6-17(20)15(8-13)16-9-18(16)22-14-3-2-4-14/h5-6,8,10-11,14,16,18,22H,2-4,7,9H2,1H3. The fourth-order valence-electron chi connectivity index (χ4n) is 3.45. The molecule has 2 aromatic rings. The summed E-state index contributed by atoms with van der Waals surface area (Å²) in [5.41, 5.74) is 2.15. The first kappa shape index (κ1) is 15.5. The molecule has 1 aromatic heterocycles. The summed E-state index contributed by atoms with van der Waals surface area (Å²) < 4.78 is 15.9. The van der Waals surface area contributed by atoms with E-state index in [1.165, 1.54) is 25.3 Å². The molecule has 24 heavy (non-hydrogen) atoms. The summed E-state index contributed by atoms with van der Waals surface area (Å²) in [6, 6.07) is 5.76. The number of Topliss-reactive ketones (excluding diaryl/α,β-unsaturated/α-hetero) is 1. The minimum absolute atomic E-state index is 0.00778. The molecule has 5 heteroatoms. The van der Waals surface area contributed by atoms with Crippen molar-refractivity contribution in [3.05, 3.63) is 53.1 Å². The third-order valence-corrected chi connectivity index (χ3v) is 5.19. The Labute approximate surface area is 141 Å². The second kappa shape index (κ2) is 6.13. The first-order valence-electron chi connectivity index (χ1n) is 8.66. The van der Waals surface area contributed by atoms with Crippen LogP contribution in [0.3, 0.4) is 0 Å². The molecule has 2 unspecified atom stereocenters. The van der Waals surface area contributed by atoms with Crippen LogP contribution < -0.4 is 5.32 Å². The van der Waals surface area contributed by atoms with E-state index in [2.05, 4.69) is 10.4 Å². The molecule has 0 amide bonds. The van der Waals surface area contributed by atoms with Crippen LogP contribution in [0.5, 0.6) is 0 Å². The maximum atomic E-state index is 14.2. The van der Waals surface area contributed by atoms with E-state index in [9.17, 15) is 9.18 Å². The van der Waals surface area contributed by atoms with Gasteiger partial charge in [-0.05, 0) is 48.6 Å². The zero-order valence-electron chi connectivity index (χ0n) is 13.8. The Bertz CT molecular complexity index is 766. The number of rotatable bonds is 6. The molecule has 0 aliphatic heterocycles. The van der Waals surface area contributed by atoms with Gasteiger partial charge in [-0.3, -0.25) is 9.48 Å². The smallest absolute Gasteiger partial charge is 0.167 e. The monoisotopic (exact) mass is 327 g/mol. The van der Waals surface area contributed by atoms with Crippen LogP contribution >= 0.6 is 0 Å². The van der Waals surface area contributed by atoms with Crippen molar-refractivity contribution in [2.45, 2.75) is 50.1 Å². The van der Waals surface area contributed by atoms with E-state index >= 15 is 0 Å². The maximum Gasteiger partial charge on any atom is 0.167 e. The number of nitrogens with zero attached hydrogens (tertiary/aromatic N) is 2. The lowest BCUT2D eigenvalue weighted by atomic mass is 9.93. The first-order chi connectivity index (χ1) is 11.6. The Morgan fingerprint density at radius 1 is 1.42 bits per heavy atom. The number of benzene rings is 1. The molecule has 1 N–H and O–H groups in total. The molecule has 1 heterocycles. The van der Waals surface area contributed by atoms with Gasteiger partial charge < -0.3 is 5.32 Å². The number of hydrogen-bond acceptors (Lipinski definition) is 3. The van der Waals surface area contributed by atoms with E-state index in [1.54, 1.807) is 23.0 Å². The van der Waals surface area contributed by atoms with Crippen LogP contribution in [0.15, 0.2) is 30.6 Å². The number of aryl methyl sites for hydroxylation is 1. The number of ketones is 1. The van der Waals surface area contributed by atoms with Crippen molar-refractivity contribution >= 4 is 5.78 Å². The van der Waals surface area contributed by atoms with Crippen molar-refractivity contribution in [1.82, 2.24) is 15.1 Å². The highest BCUT2D eigenvalue weighted by Crippen LogP contribution is 2.43. The van der Waals surface area contributed by atoms with Crippen molar-refractivity contribution in [1.29, 1.82) is 0 Å². The minimum Gasteiger partial charge on any atom is -0.311 e. The lowest BCUT2D eigenvalue weighted by molar-refractivity contribution is 0.0993. The largest absolute Gasteiger partial charge is 0.311 e. The molecule has 4 rings (SSSR count). The first-order valence-corrected chi connectivity index (χ1v) is 8.66. The molecule has 0 bridgehead atoms. The number of halogens is 1. The molecule has 126 valence electrons. The zero-order valence-corrected chi connectivity index (χ0v) is 13.8. The summed E-state index contributed by atoms with van der Waals surface area (Å²) in [6.07, 6.45) is 8.55. The molecular weight excluding hydrogens is 305 g/mol. The Morgan fingerprint density at radius 2 is 2.25 bits per heavy atom. The predicted octanol–water partition coefficient (Wildman–Crippen LogP) is 2.98. The quantitative estimate of drug-likeness (QED) is 0.830. The van der Waals surface area contributed by atoms with Gasteiger partial charge in [0.2, 0.25) is 0 Å². The molecule has 2 atom stereocenters. The summed E-state index contributed by atoms with van der Waals surface area (Å²) in [5.74, 6) is 0.0148. The molecule has 2 aliphatic rings. The molecule has 4 nitrogen and oxygen atoms in total. The zero-order chi connectivity index (χ0) is 16.7. The average Bonchev–Trinajstić information content (AvgIpc) is 3.17. The van der Waals surface area contributed by atoms with E-state index in [4.69, 9.17) is 0 Å². The lowest BCUT2D eigenvalue weighted by Crippen LogP contribution is -2.37. The highest BCUT2D eigenvalue weighted by atomic mass is 19.1. The van der Waals surface area contributed by atoms with Gasteiger partial charge in [0, 0.05) is 43.2 Å². The van der Waals surface area contributed by atoms with E-state index < -0.39 is 0 Å². The van der Waals surface area contributed by atoms with Gasteiger partial charge in [0.1, 0.15) is 5.82 Å². The van der Waals surface area contributed by atoms with Gasteiger partial charge >= 0.3 is 0 Å². The van der Waals surface area contributed by atoms with Crippen LogP contribution in [-0.2, 0) is 13.5 Å². The SMILES string of the molecule is Cn1cc(CC(=O)c2ccc(F)c(C3CC3NC3CCC3)c2)cn1. The van der Waals surface area contributed by atoms with Gasteiger partial charge in [-0.1, -0.05) is 6.42 Å². The topological polar surface area (TPSA) is 46.9 Å². The number of aromatic nitrogens is 2. The third-order valence-electron chi connectivity index (χ3n) is 5.19. The van der Waals surface area contributed by atoms with Crippen molar-refractivity contribution in [3.63, 3.8) is 0 Å². The highest BCUT2D eigenvalue weighted by molar-refractivity contribution is 5.97. The normalized spacial score (nSPS) is 23.1. The molecular formula is C19H22FN3O. The fourth-order valence-corrected chi connectivity index (χ4v) is 3.45. The molecule has 0 spiro atoms. The summed E-state index contributed by atoms with van der Waals surface area (Å²) >= 11 is 0. The fraction of sp³-hybridized carbons (Fsp3) is 0.474. The highest BCUT2D eigenvalue weighted by Gasteiger charge is 2.41. The van der Waals surface area contributed by atoms with Crippen molar-refractivity contribution in [2.24, 2.45) is 7.05 Å². The number of carbonyl (C=O) groups is 1. The Morgan fingerprint density at radius 3 is 2.92 bits per heavy atom. The molecule has 2 fully saturated rings. The number of carbonyl (C=O) groups excluding carboxylic acids is 1. The molecule has 0 radical (unpaired) electrons. The Hall–Kier alpha value is -2.01. The van der Waals surface area contributed by atoms with Gasteiger partial charge in [0.25, 0.3) is 0 Å². The van der Waals surface area contributed by atoms with Crippen LogP contribution in [0.4, 0.5) is 4.39 Å². The second-order valence-corrected chi connectivity index (χ2v) is 7.10. The average molecular weight is 327 g/mol. The van der Waals surface area contributed by atoms with Crippen molar-refractivity contribution in [3.8, 4) is 0 Å². The summed E-state index contributed by atoms with van der Waals surface area (Å²) in [7, 11) is 1.83. The van der Waals surface area contributed by atoms with Gasteiger partial charge in [-0.25, -0.2) is 4.39 Å². The van der Waals surface area contributed by atoms with Gasteiger partial charge in [0.15, 0.2) is 5.78 Å². The Kier molecular flexibility index (Phi) is 3.96. The van der Waals surface area contributed by atoms with Crippen LogP contribution in [0.1, 0.15) is 53.1 Å². The Balaban J connectivity index is 1.46. The van der Waals surface area contributed by atoms with Gasteiger partial charge in [-0.15, -0.1) is 0 Å². The third kappa shape index (κ3) is 3.13. The molecule has 1 aromatic carbocycles. The van der Waals surface area contributed by atoms with Crippen LogP contribution in [-0.4, -0.2) is 27.6 Å². The second-order valence-electron chi connectivity index (χ2n) is 7.10. The summed E-state index contributed by atoms with van der Waals surface area (Å²) in [6.45, 7) is 0. The van der Waals surface area contributed by atoms with E-state index in [0.29, 0.717) is 29.6 Å². The maximum absolute atomic E-state index is 14.2. The summed E-state index contributed by atoms with van der Waals surface area (Å²) in [5, 5.41) is 7.68.